The Morgan fingerprint density at radius 1 is 1.26 bits per heavy atom. The summed E-state index contributed by atoms with van der Waals surface area (Å²) >= 11 is 1.93. The molecule has 1 aliphatic rings. The molecule has 0 radical (unpaired) electrons. The van der Waals surface area contributed by atoms with Crippen LogP contribution in [0.2, 0.25) is 0 Å². The van der Waals surface area contributed by atoms with Crippen molar-refractivity contribution in [2.24, 2.45) is 5.92 Å². The molecule has 23 heavy (non-hydrogen) atoms. The molecule has 1 aliphatic carbocycles. The lowest BCUT2D eigenvalue weighted by atomic mass is 9.84. The Balaban J connectivity index is 1.70. The molecule has 0 spiro atoms. The predicted molar refractivity (Wildman–Crippen MR) is 96.9 cm³/mol. The second kappa shape index (κ2) is 8.62. The van der Waals surface area contributed by atoms with Crippen molar-refractivity contribution in [1.29, 1.82) is 0 Å². The normalized spacial score (nSPS) is 21.7. The van der Waals surface area contributed by atoms with E-state index < -0.39 is 5.60 Å². The molecule has 0 aliphatic heterocycles. The summed E-state index contributed by atoms with van der Waals surface area (Å²) in [6, 6.07) is 10.8. The summed E-state index contributed by atoms with van der Waals surface area (Å²) < 4.78 is 5.36. The highest BCUT2D eigenvalue weighted by Gasteiger charge is 2.25. The molecule has 1 saturated carbocycles. The van der Waals surface area contributed by atoms with Gasteiger partial charge in [-0.3, -0.25) is 0 Å². The van der Waals surface area contributed by atoms with Gasteiger partial charge in [-0.25, -0.2) is 4.79 Å². The Morgan fingerprint density at radius 3 is 2.70 bits per heavy atom. The number of amides is 1. The summed E-state index contributed by atoms with van der Waals surface area (Å²) in [5.74, 6) is 1.85. The Morgan fingerprint density at radius 2 is 2.00 bits per heavy atom. The van der Waals surface area contributed by atoms with Gasteiger partial charge in [0.2, 0.25) is 0 Å². The summed E-state index contributed by atoms with van der Waals surface area (Å²) in [6.07, 6.45) is 5.56. The SMILES string of the molecule is CC(C)(C)OC(=O)N[C@H]1CCC[C@@H](CCSc2ccccc2)C1. The molecule has 0 aromatic heterocycles. The van der Waals surface area contributed by atoms with E-state index in [9.17, 15) is 4.79 Å². The van der Waals surface area contributed by atoms with Crippen molar-refractivity contribution in [2.45, 2.75) is 69.4 Å². The number of rotatable bonds is 5. The zero-order chi connectivity index (χ0) is 16.7. The molecule has 4 heteroatoms. The maximum absolute atomic E-state index is 11.9. The number of nitrogens with one attached hydrogen (secondary N) is 1. The van der Waals surface area contributed by atoms with Crippen LogP contribution in [0.3, 0.4) is 0 Å². The Bertz CT molecular complexity index is 484. The van der Waals surface area contributed by atoms with Crippen LogP contribution in [0.25, 0.3) is 0 Å². The van der Waals surface area contributed by atoms with Crippen LogP contribution in [0.15, 0.2) is 35.2 Å². The van der Waals surface area contributed by atoms with Crippen LogP contribution in [0.4, 0.5) is 4.79 Å². The fourth-order valence-electron chi connectivity index (χ4n) is 3.02. The minimum atomic E-state index is -0.426. The van der Waals surface area contributed by atoms with Gasteiger partial charge in [-0.1, -0.05) is 31.0 Å². The lowest BCUT2D eigenvalue weighted by Crippen LogP contribution is -2.41. The second-order valence-corrected chi connectivity index (χ2v) is 8.49. The van der Waals surface area contributed by atoms with Gasteiger partial charge in [-0.05, 0) is 63.8 Å². The van der Waals surface area contributed by atoms with Gasteiger partial charge in [0, 0.05) is 10.9 Å². The highest BCUT2D eigenvalue weighted by molar-refractivity contribution is 7.99. The van der Waals surface area contributed by atoms with Gasteiger partial charge in [0.05, 0.1) is 0 Å². The van der Waals surface area contributed by atoms with Gasteiger partial charge in [-0.2, -0.15) is 0 Å². The van der Waals surface area contributed by atoms with E-state index in [2.05, 4.69) is 35.6 Å². The number of carbonyl (C=O) groups excluding carboxylic acids is 1. The van der Waals surface area contributed by atoms with E-state index in [1.807, 2.05) is 32.5 Å². The topological polar surface area (TPSA) is 38.3 Å². The van der Waals surface area contributed by atoms with Crippen molar-refractivity contribution in [1.82, 2.24) is 5.32 Å². The summed E-state index contributed by atoms with van der Waals surface area (Å²) in [7, 11) is 0. The molecule has 128 valence electrons. The van der Waals surface area contributed by atoms with E-state index in [0.29, 0.717) is 5.92 Å². The van der Waals surface area contributed by atoms with E-state index in [1.54, 1.807) is 0 Å². The average molecular weight is 336 g/mol. The third kappa shape index (κ3) is 7.30. The first kappa shape index (κ1) is 18.2. The minimum absolute atomic E-state index is 0.269. The highest BCUT2D eigenvalue weighted by atomic mass is 32.2. The molecule has 0 heterocycles. The average Bonchev–Trinajstić information content (AvgIpc) is 2.46. The van der Waals surface area contributed by atoms with Crippen LogP contribution in [-0.4, -0.2) is 23.5 Å². The van der Waals surface area contributed by atoms with Gasteiger partial charge in [0.15, 0.2) is 0 Å². The lowest BCUT2D eigenvalue weighted by molar-refractivity contribution is 0.0484. The first-order valence-electron chi connectivity index (χ1n) is 8.60. The van der Waals surface area contributed by atoms with Crippen LogP contribution < -0.4 is 5.32 Å². The molecule has 2 rings (SSSR count). The fraction of sp³-hybridized carbons (Fsp3) is 0.632. The number of benzene rings is 1. The molecule has 1 aromatic carbocycles. The summed E-state index contributed by atoms with van der Waals surface area (Å²) in [5.41, 5.74) is -0.426. The third-order valence-corrected chi connectivity index (χ3v) is 5.09. The molecule has 1 N–H and O–H groups in total. The zero-order valence-electron chi connectivity index (χ0n) is 14.5. The number of alkyl carbamates (subject to hydrolysis) is 1. The van der Waals surface area contributed by atoms with Crippen molar-refractivity contribution in [2.75, 3.05) is 5.75 Å². The van der Waals surface area contributed by atoms with Crippen molar-refractivity contribution >= 4 is 17.9 Å². The number of hydrogen-bond donors (Lipinski definition) is 1. The van der Waals surface area contributed by atoms with Gasteiger partial charge in [0.25, 0.3) is 0 Å². The van der Waals surface area contributed by atoms with Crippen LogP contribution >= 0.6 is 11.8 Å². The summed E-state index contributed by atoms with van der Waals surface area (Å²) in [6.45, 7) is 5.70. The smallest absolute Gasteiger partial charge is 0.407 e. The highest BCUT2D eigenvalue weighted by Crippen LogP contribution is 2.29. The summed E-state index contributed by atoms with van der Waals surface area (Å²) in [5, 5.41) is 3.05. The largest absolute Gasteiger partial charge is 0.444 e. The van der Waals surface area contributed by atoms with E-state index in [0.717, 1.165) is 18.6 Å². The number of ether oxygens (including phenoxy) is 1. The molecular weight excluding hydrogens is 306 g/mol. The Hall–Kier alpha value is -1.16. The summed E-state index contributed by atoms with van der Waals surface area (Å²) in [4.78, 5) is 13.2. The van der Waals surface area contributed by atoms with Crippen LogP contribution in [0.5, 0.6) is 0 Å². The van der Waals surface area contributed by atoms with Gasteiger partial charge >= 0.3 is 6.09 Å². The van der Waals surface area contributed by atoms with Crippen LogP contribution in [-0.2, 0) is 4.74 Å². The molecule has 0 unspecified atom stereocenters. The molecule has 1 amide bonds. The van der Waals surface area contributed by atoms with Gasteiger partial charge < -0.3 is 10.1 Å². The van der Waals surface area contributed by atoms with E-state index in [-0.39, 0.29) is 12.1 Å². The van der Waals surface area contributed by atoms with Crippen LogP contribution in [0.1, 0.15) is 52.9 Å². The van der Waals surface area contributed by atoms with Crippen molar-refractivity contribution in [3.8, 4) is 0 Å². The van der Waals surface area contributed by atoms with Crippen LogP contribution in [0, 0.1) is 5.92 Å². The minimum Gasteiger partial charge on any atom is -0.444 e. The molecule has 3 nitrogen and oxygen atoms in total. The van der Waals surface area contributed by atoms with Crippen molar-refractivity contribution < 1.29 is 9.53 Å². The van der Waals surface area contributed by atoms with E-state index >= 15 is 0 Å². The maximum atomic E-state index is 11.9. The number of thioether (sulfide) groups is 1. The predicted octanol–water partition coefficient (Wildman–Crippen LogP) is 5.25. The molecule has 1 aromatic rings. The third-order valence-electron chi connectivity index (χ3n) is 4.04. The van der Waals surface area contributed by atoms with Gasteiger partial charge in [0.1, 0.15) is 5.60 Å². The second-order valence-electron chi connectivity index (χ2n) is 7.33. The Kier molecular flexibility index (Phi) is 6.82. The molecule has 1 fully saturated rings. The molecule has 2 atom stereocenters. The first-order valence-corrected chi connectivity index (χ1v) is 9.58. The Labute approximate surface area is 144 Å². The lowest BCUT2D eigenvalue weighted by Gasteiger charge is -2.30. The zero-order valence-corrected chi connectivity index (χ0v) is 15.3. The van der Waals surface area contributed by atoms with E-state index in [1.165, 1.54) is 24.2 Å². The number of carbonyl (C=O) groups is 1. The first-order chi connectivity index (χ1) is 10.9. The van der Waals surface area contributed by atoms with Crippen molar-refractivity contribution in [3.63, 3.8) is 0 Å². The maximum Gasteiger partial charge on any atom is 0.407 e. The standard InChI is InChI=1S/C19H29NO2S/c1-19(2,3)22-18(21)20-16-9-7-8-15(14-16)12-13-23-17-10-5-4-6-11-17/h4-6,10-11,15-16H,7-9,12-14H2,1-3H3,(H,20,21)/t15-,16-/m0/s1. The van der Waals surface area contributed by atoms with E-state index in [4.69, 9.17) is 4.74 Å². The molecule has 0 bridgehead atoms. The number of hydrogen-bond acceptors (Lipinski definition) is 3. The molecule has 0 saturated heterocycles. The fourth-order valence-corrected chi connectivity index (χ4v) is 4.06. The van der Waals surface area contributed by atoms with Crippen molar-refractivity contribution in [3.05, 3.63) is 30.3 Å². The van der Waals surface area contributed by atoms with Gasteiger partial charge in [-0.15, -0.1) is 11.8 Å². The molecular formula is C19H29NO2S. The monoisotopic (exact) mass is 335 g/mol. The quantitative estimate of drug-likeness (QED) is 0.747.